The van der Waals surface area contributed by atoms with Crippen molar-refractivity contribution in [3.8, 4) is 0 Å². The van der Waals surface area contributed by atoms with Crippen molar-refractivity contribution in [2.24, 2.45) is 5.84 Å². The molecule has 0 spiro atoms. The van der Waals surface area contributed by atoms with Gasteiger partial charge in [-0.25, -0.2) is 10.8 Å². The molecular formula is C12H10BrClN4O. The summed E-state index contributed by atoms with van der Waals surface area (Å²) >= 11 is 9.23. The van der Waals surface area contributed by atoms with Crippen LogP contribution in [-0.4, -0.2) is 10.9 Å². The molecule has 1 aromatic heterocycles. The molecule has 1 heterocycles. The van der Waals surface area contributed by atoms with E-state index in [1.165, 1.54) is 0 Å². The Morgan fingerprint density at radius 3 is 2.79 bits per heavy atom. The molecule has 0 fully saturated rings. The van der Waals surface area contributed by atoms with Crippen molar-refractivity contribution in [2.75, 3.05) is 10.7 Å². The molecule has 19 heavy (non-hydrogen) atoms. The molecule has 0 aliphatic heterocycles. The molecule has 0 radical (unpaired) electrons. The molecule has 0 bridgehead atoms. The van der Waals surface area contributed by atoms with E-state index in [1.54, 1.807) is 36.4 Å². The highest BCUT2D eigenvalue weighted by atomic mass is 79.9. The molecule has 0 saturated heterocycles. The van der Waals surface area contributed by atoms with Crippen LogP contribution in [0.1, 0.15) is 10.5 Å². The number of carbonyl (C=O) groups is 1. The first kappa shape index (κ1) is 13.8. The summed E-state index contributed by atoms with van der Waals surface area (Å²) < 4.78 is 0.764. The normalized spacial score (nSPS) is 10.1. The van der Waals surface area contributed by atoms with E-state index >= 15 is 0 Å². The van der Waals surface area contributed by atoms with E-state index in [-0.39, 0.29) is 11.6 Å². The van der Waals surface area contributed by atoms with Gasteiger partial charge in [0.25, 0.3) is 5.91 Å². The Morgan fingerprint density at radius 1 is 1.32 bits per heavy atom. The maximum Gasteiger partial charge on any atom is 0.274 e. The molecule has 0 saturated carbocycles. The number of nitrogens with two attached hydrogens (primary N) is 1. The molecule has 1 amide bonds. The van der Waals surface area contributed by atoms with E-state index < -0.39 is 0 Å². The maximum absolute atomic E-state index is 12.0. The molecule has 0 aliphatic rings. The van der Waals surface area contributed by atoms with Crippen LogP contribution in [0.5, 0.6) is 0 Å². The molecule has 5 nitrogen and oxygen atoms in total. The van der Waals surface area contributed by atoms with Crippen LogP contribution in [0.3, 0.4) is 0 Å². The summed E-state index contributed by atoms with van der Waals surface area (Å²) in [5.41, 5.74) is 3.23. The van der Waals surface area contributed by atoms with E-state index in [2.05, 4.69) is 31.7 Å². The lowest BCUT2D eigenvalue weighted by Crippen LogP contribution is -2.16. The number of pyridine rings is 1. The Morgan fingerprint density at radius 2 is 2.11 bits per heavy atom. The zero-order valence-electron chi connectivity index (χ0n) is 9.65. The quantitative estimate of drug-likeness (QED) is 0.592. The van der Waals surface area contributed by atoms with Crippen molar-refractivity contribution in [3.05, 3.63) is 51.6 Å². The number of nitrogens with one attached hydrogen (secondary N) is 2. The van der Waals surface area contributed by atoms with Gasteiger partial charge in [0.05, 0.1) is 5.02 Å². The number of rotatable bonds is 3. The fourth-order valence-electron chi connectivity index (χ4n) is 1.41. The summed E-state index contributed by atoms with van der Waals surface area (Å²) in [6, 6.07) is 10.1. The Kier molecular flexibility index (Phi) is 4.36. The fourth-order valence-corrected chi connectivity index (χ4v) is 1.84. The van der Waals surface area contributed by atoms with Crippen LogP contribution in [0.15, 0.2) is 40.9 Å². The van der Waals surface area contributed by atoms with Crippen LogP contribution in [-0.2, 0) is 0 Å². The van der Waals surface area contributed by atoms with Gasteiger partial charge in [-0.05, 0) is 46.3 Å². The number of carbonyl (C=O) groups excluding carboxylic acids is 1. The SMILES string of the molecule is NNc1cccc(C(=O)Nc2ccc(Br)c(Cl)c2)n1. The van der Waals surface area contributed by atoms with Crippen LogP contribution in [0.2, 0.25) is 5.02 Å². The Hall–Kier alpha value is -1.63. The van der Waals surface area contributed by atoms with Gasteiger partial charge in [0.1, 0.15) is 11.5 Å². The number of nitrogen functional groups attached to an aromatic ring is 1. The van der Waals surface area contributed by atoms with Crippen molar-refractivity contribution in [2.45, 2.75) is 0 Å². The predicted molar refractivity (Wildman–Crippen MR) is 79.2 cm³/mol. The van der Waals surface area contributed by atoms with Crippen LogP contribution >= 0.6 is 27.5 Å². The minimum atomic E-state index is -0.338. The average Bonchev–Trinajstić information content (AvgIpc) is 2.43. The molecule has 0 unspecified atom stereocenters. The molecule has 0 aliphatic carbocycles. The molecule has 2 aromatic rings. The third-order valence-electron chi connectivity index (χ3n) is 2.31. The Balaban J connectivity index is 2.18. The van der Waals surface area contributed by atoms with Gasteiger partial charge >= 0.3 is 0 Å². The molecule has 2 rings (SSSR count). The summed E-state index contributed by atoms with van der Waals surface area (Å²) in [6.07, 6.45) is 0. The average molecular weight is 342 g/mol. The number of hydrazine groups is 1. The number of hydrogen-bond donors (Lipinski definition) is 3. The second-order valence-corrected chi connectivity index (χ2v) is 4.90. The standard InChI is InChI=1S/C12H10BrClN4O/c13-8-5-4-7(6-9(8)14)16-12(19)10-2-1-3-11(17-10)18-15/h1-6H,15H2,(H,16,19)(H,17,18). The first-order chi connectivity index (χ1) is 9.10. The largest absolute Gasteiger partial charge is 0.321 e. The number of aromatic nitrogens is 1. The predicted octanol–water partition coefficient (Wildman–Crippen LogP) is 3.04. The van der Waals surface area contributed by atoms with Gasteiger partial charge in [-0.3, -0.25) is 4.79 Å². The first-order valence-electron chi connectivity index (χ1n) is 5.30. The summed E-state index contributed by atoms with van der Waals surface area (Å²) in [6.45, 7) is 0. The van der Waals surface area contributed by atoms with Crippen LogP contribution in [0.25, 0.3) is 0 Å². The van der Waals surface area contributed by atoms with E-state index in [0.29, 0.717) is 16.5 Å². The highest BCUT2D eigenvalue weighted by Gasteiger charge is 2.09. The molecule has 4 N–H and O–H groups in total. The Labute approximate surface area is 123 Å². The minimum Gasteiger partial charge on any atom is -0.321 e. The van der Waals surface area contributed by atoms with Gasteiger partial charge in [0.15, 0.2) is 0 Å². The van der Waals surface area contributed by atoms with Gasteiger partial charge in [-0.1, -0.05) is 17.7 Å². The third kappa shape index (κ3) is 3.44. The van der Waals surface area contributed by atoms with Crippen molar-refractivity contribution >= 4 is 44.9 Å². The molecular weight excluding hydrogens is 332 g/mol. The number of halogens is 2. The summed E-state index contributed by atoms with van der Waals surface area (Å²) in [5, 5.41) is 3.22. The van der Waals surface area contributed by atoms with Gasteiger partial charge in [-0.15, -0.1) is 0 Å². The Bertz CT molecular complexity index is 620. The van der Waals surface area contributed by atoms with Crippen molar-refractivity contribution in [1.82, 2.24) is 4.98 Å². The summed E-state index contributed by atoms with van der Waals surface area (Å²) in [5.74, 6) is 5.32. The second-order valence-electron chi connectivity index (χ2n) is 3.64. The first-order valence-corrected chi connectivity index (χ1v) is 6.47. The second kappa shape index (κ2) is 6.01. The van der Waals surface area contributed by atoms with Gasteiger partial charge in [-0.2, -0.15) is 0 Å². The number of benzene rings is 1. The van der Waals surface area contributed by atoms with Crippen LogP contribution < -0.4 is 16.6 Å². The fraction of sp³-hybridized carbons (Fsp3) is 0. The maximum atomic E-state index is 12.0. The molecule has 1 aromatic carbocycles. The number of hydrogen-bond acceptors (Lipinski definition) is 4. The van der Waals surface area contributed by atoms with E-state index in [4.69, 9.17) is 17.4 Å². The summed E-state index contributed by atoms with van der Waals surface area (Å²) in [4.78, 5) is 16.0. The molecule has 7 heteroatoms. The lowest BCUT2D eigenvalue weighted by atomic mass is 10.3. The zero-order valence-corrected chi connectivity index (χ0v) is 12.0. The van der Waals surface area contributed by atoms with Crippen molar-refractivity contribution in [1.29, 1.82) is 0 Å². The highest BCUT2D eigenvalue weighted by molar-refractivity contribution is 9.10. The van der Waals surface area contributed by atoms with Gasteiger partial charge in [0.2, 0.25) is 0 Å². The van der Waals surface area contributed by atoms with E-state index in [1.807, 2.05) is 0 Å². The molecule has 98 valence electrons. The van der Waals surface area contributed by atoms with Crippen molar-refractivity contribution in [3.63, 3.8) is 0 Å². The van der Waals surface area contributed by atoms with Crippen LogP contribution in [0, 0.1) is 0 Å². The van der Waals surface area contributed by atoms with E-state index in [9.17, 15) is 4.79 Å². The smallest absolute Gasteiger partial charge is 0.274 e. The lowest BCUT2D eigenvalue weighted by molar-refractivity contribution is 0.102. The van der Waals surface area contributed by atoms with Gasteiger partial charge in [0, 0.05) is 10.2 Å². The monoisotopic (exact) mass is 340 g/mol. The number of anilines is 2. The van der Waals surface area contributed by atoms with Gasteiger partial charge < -0.3 is 10.7 Å². The lowest BCUT2D eigenvalue weighted by Gasteiger charge is -2.07. The number of nitrogens with zero attached hydrogens (tertiary/aromatic N) is 1. The number of amides is 1. The van der Waals surface area contributed by atoms with Crippen molar-refractivity contribution < 1.29 is 4.79 Å². The zero-order chi connectivity index (χ0) is 13.8. The summed E-state index contributed by atoms with van der Waals surface area (Å²) in [7, 11) is 0. The highest BCUT2D eigenvalue weighted by Crippen LogP contribution is 2.25. The molecule has 0 atom stereocenters. The minimum absolute atomic E-state index is 0.259. The third-order valence-corrected chi connectivity index (χ3v) is 3.54. The topological polar surface area (TPSA) is 80.0 Å². The van der Waals surface area contributed by atoms with E-state index in [0.717, 1.165) is 4.47 Å². The van der Waals surface area contributed by atoms with Crippen LogP contribution in [0.4, 0.5) is 11.5 Å².